The standard InChI is InChI=1S/3C9H7NO.Al/c3*11-8-5-1-3-7-4-2-6-10-9(7)8;/h3*1-4,6H,5H2;/q;;;+3. The minimum atomic E-state index is 0. The number of nitrogens with zero attached hydrogens (tertiary/aromatic N) is 3. The molecule has 0 unspecified atom stereocenters. The Morgan fingerprint density at radius 3 is 1.06 bits per heavy atom. The van der Waals surface area contributed by atoms with E-state index in [2.05, 4.69) is 15.0 Å². The van der Waals surface area contributed by atoms with Crippen LogP contribution in [0.25, 0.3) is 18.2 Å². The van der Waals surface area contributed by atoms with Crippen LogP contribution in [0.2, 0.25) is 0 Å². The van der Waals surface area contributed by atoms with E-state index in [-0.39, 0.29) is 34.7 Å². The Hall–Kier alpha value is -3.79. The van der Waals surface area contributed by atoms with Gasteiger partial charge in [-0.3, -0.25) is 29.3 Å². The van der Waals surface area contributed by atoms with Crippen molar-refractivity contribution in [3.05, 3.63) is 107 Å². The number of hydrogen-bond donors (Lipinski definition) is 0. The molecule has 0 saturated carbocycles. The van der Waals surface area contributed by atoms with Gasteiger partial charge in [0, 0.05) is 54.5 Å². The molecule has 0 aliphatic heterocycles. The number of allylic oxidation sites excluding steroid dienone is 3. The summed E-state index contributed by atoms with van der Waals surface area (Å²) in [4.78, 5) is 45.5. The van der Waals surface area contributed by atoms with Crippen molar-refractivity contribution in [3.8, 4) is 0 Å². The van der Waals surface area contributed by atoms with E-state index in [1.807, 2.05) is 72.9 Å². The maximum Gasteiger partial charge on any atom is 3.00 e. The summed E-state index contributed by atoms with van der Waals surface area (Å²) in [5, 5.41) is 0. The summed E-state index contributed by atoms with van der Waals surface area (Å²) >= 11 is 0. The second kappa shape index (κ2) is 11.9. The summed E-state index contributed by atoms with van der Waals surface area (Å²) < 4.78 is 0. The van der Waals surface area contributed by atoms with E-state index < -0.39 is 0 Å². The molecule has 6 rings (SSSR count). The zero-order valence-electron chi connectivity index (χ0n) is 18.4. The van der Waals surface area contributed by atoms with Crippen LogP contribution in [0.1, 0.15) is 67.4 Å². The molecule has 3 aromatic rings. The van der Waals surface area contributed by atoms with Gasteiger partial charge in [-0.2, -0.15) is 0 Å². The first-order valence-electron chi connectivity index (χ1n) is 10.6. The summed E-state index contributed by atoms with van der Waals surface area (Å²) in [6, 6.07) is 11.2. The summed E-state index contributed by atoms with van der Waals surface area (Å²) in [5.74, 6) is 0.342. The molecule has 34 heavy (non-hydrogen) atoms. The number of fused-ring (bicyclic) bond motifs is 3. The number of rotatable bonds is 0. The largest absolute Gasteiger partial charge is 3.00 e. The Morgan fingerprint density at radius 2 is 0.794 bits per heavy atom. The van der Waals surface area contributed by atoms with E-state index in [9.17, 15) is 14.4 Å². The quantitative estimate of drug-likeness (QED) is 0.452. The van der Waals surface area contributed by atoms with Gasteiger partial charge >= 0.3 is 17.4 Å². The maximum absolute atomic E-state index is 11.2. The number of ketones is 3. The molecular weight excluding hydrogens is 441 g/mol. The second-order valence-electron chi connectivity index (χ2n) is 7.41. The van der Waals surface area contributed by atoms with Crippen LogP contribution >= 0.6 is 0 Å². The Bertz CT molecular complexity index is 1150. The first-order valence-corrected chi connectivity index (χ1v) is 10.6. The number of carbonyl (C=O) groups excluding carboxylic acids is 3. The predicted molar refractivity (Wildman–Crippen MR) is 132 cm³/mol. The van der Waals surface area contributed by atoms with Crippen molar-refractivity contribution in [2.75, 3.05) is 0 Å². The van der Waals surface area contributed by atoms with Crippen LogP contribution in [0.3, 0.4) is 0 Å². The zero-order valence-corrected chi connectivity index (χ0v) is 19.6. The van der Waals surface area contributed by atoms with Crippen LogP contribution in [0.5, 0.6) is 0 Å². The summed E-state index contributed by atoms with van der Waals surface area (Å²) in [5.41, 5.74) is 4.62. The van der Waals surface area contributed by atoms with Gasteiger partial charge in [0.15, 0.2) is 17.3 Å². The Kier molecular flexibility index (Phi) is 8.69. The molecule has 0 spiro atoms. The number of pyridine rings is 3. The van der Waals surface area contributed by atoms with Gasteiger partial charge in [-0.05, 0) is 18.2 Å². The fraction of sp³-hybridized carbons (Fsp3) is 0.111. The molecule has 3 aliphatic carbocycles. The first kappa shape index (κ1) is 24.8. The van der Waals surface area contributed by atoms with Crippen LogP contribution in [0, 0.1) is 0 Å². The van der Waals surface area contributed by atoms with E-state index >= 15 is 0 Å². The minimum Gasteiger partial charge on any atom is -0.292 e. The van der Waals surface area contributed by atoms with Crippen molar-refractivity contribution in [1.82, 2.24) is 15.0 Å². The molecule has 3 heterocycles. The summed E-state index contributed by atoms with van der Waals surface area (Å²) in [6.45, 7) is 0. The molecule has 0 aromatic carbocycles. The number of Topliss-reactive ketones (excluding diaryl/α,β-unsaturated/α-hetero) is 3. The average Bonchev–Trinajstić information content (AvgIpc) is 2.86. The van der Waals surface area contributed by atoms with E-state index in [1.165, 1.54) is 0 Å². The molecule has 0 radical (unpaired) electrons. The predicted octanol–water partition coefficient (Wildman–Crippen LogP) is 4.66. The van der Waals surface area contributed by atoms with E-state index in [4.69, 9.17) is 0 Å². The third-order valence-corrected chi connectivity index (χ3v) is 5.11. The van der Waals surface area contributed by atoms with Crippen LogP contribution in [0.4, 0.5) is 0 Å². The van der Waals surface area contributed by atoms with E-state index in [1.54, 1.807) is 18.6 Å². The second-order valence-corrected chi connectivity index (χ2v) is 7.41. The molecule has 0 N–H and O–H groups in total. The number of aromatic nitrogens is 3. The van der Waals surface area contributed by atoms with Crippen LogP contribution in [-0.4, -0.2) is 49.7 Å². The molecule has 0 saturated heterocycles. The molecule has 3 aliphatic rings. The third kappa shape index (κ3) is 5.96. The fourth-order valence-corrected chi connectivity index (χ4v) is 3.52. The summed E-state index contributed by atoms with van der Waals surface area (Å²) in [7, 11) is 0. The minimum absolute atomic E-state index is 0. The molecule has 7 heteroatoms. The Labute approximate surface area is 208 Å². The fourth-order valence-electron chi connectivity index (χ4n) is 3.52. The van der Waals surface area contributed by atoms with Crippen molar-refractivity contribution in [3.63, 3.8) is 0 Å². The molecule has 3 aromatic heterocycles. The van der Waals surface area contributed by atoms with E-state index in [0.29, 0.717) is 36.3 Å². The molecular formula is C27H21AlN3O3+3. The van der Waals surface area contributed by atoms with Crippen LogP contribution < -0.4 is 0 Å². The average molecular weight is 462 g/mol. The van der Waals surface area contributed by atoms with E-state index in [0.717, 1.165) is 16.7 Å². The van der Waals surface area contributed by atoms with Crippen molar-refractivity contribution in [2.24, 2.45) is 0 Å². The van der Waals surface area contributed by atoms with Crippen LogP contribution in [0.15, 0.2) is 73.2 Å². The monoisotopic (exact) mass is 462 g/mol. The number of carbonyl (C=O) groups is 3. The zero-order chi connectivity index (χ0) is 23.0. The van der Waals surface area contributed by atoms with Crippen molar-refractivity contribution in [1.29, 1.82) is 0 Å². The third-order valence-electron chi connectivity index (χ3n) is 5.11. The Morgan fingerprint density at radius 1 is 0.500 bits per heavy atom. The topological polar surface area (TPSA) is 89.9 Å². The Balaban J connectivity index is 0.000000141. The molecule has 6 nitrogen and oxygen atoms in total. The molecule has 0 amide bonds. The normalized spacial score (nSPS) is 14.3. The number of hydrogen-bond acceptors (Lipinski definition) is 6. The van der Waals surface area contributed by atoms with Gasteiger partial charge < -0.3 is 0 Å². The SMILES string of the molecule is O=C1CC=Cc2cccnc21.O=C1CC=Cc2cccnc21.O=C1CC=Cc2cccnc21.[Al+3]. The van der Waals surface area contributed by atoms with Gasteiger partial charge in [0.1, 0.15) is 17.1 Å². The van der Waals surface area contributed by atoms with Gasteiger partial charge in [0.25, 0.3) is 0 Å². The molecule has 162 valence electrons. The van der Waals surface area contributed by atoms with Crippen molar-refractivity contribution >= 4 is 52.9 Å². The molecule has 0 atom stereocenters. The molecule has 0 fully saturated rings. The van der Waals surface area contributed by atoms with Gasteiger partial charge in [-0.15, -0.1) is 0 Å². The van der Waals surface area contributed by atoms with Gasteiger partial charge in [-0.25, -0.2) is 0 Å². The maximum atomic E-state index is 11.2. The smallest absolute Gasteiger partial charge is 0.292 e. The van der Waals surface area contributed by atoms with Gasteiger partial charge in [0.05, 0.1) is 0 Å². The first-order chi connectivity index (χ1) is 16.1. The van der Waals surface area contributed by atoms with Crippen LogP contribution in [-0.2, 0) is 0 Å². The van der Waals surface area contributed by atoms with Crippen molar-refractivity contribution < 1.29 is 14.4 Å². The van der Waals surface area contributed by atoms with Gasteiger partial charge in [-0.1, -0.05) is 54.7 Å². The summed E-state index contributed by atoms with van der Waals surface area (Å²) in [6.07, 6.45) is 17.8. The van der Waals surface area contributed by atoms with Crippen molar-refractivity contribution in [2.45, 2.75) is 19.3 Å². The van der Waals surface area contributed by atoms with Gasteiger partial charge in [0.2, 0.25) is 0 Å². The molecule has 0 bridgehead atoms.